The first-order chi connectivity index (χ1) is 10.7. The van der Waals surface area contributed by atoms with E-state index in [0.29, 0.717) is 11.1 Å². The van der Waals surface area contributed by atoms with Crippen LogP contribution in [0.5, 0.6) is 0 Å². The SMILES string of the molecule is CCCCCCCCC#Cc1n[nH]c2ccc(Br)cc2c1=O. The van der Waals surface area contributed by atoms with Crippen molar-refractivity contribution >= 4 is 26.8 Å². The third-order valence-corrected chi connectivity index (χ3v) is 4.08. The Balaban J connectivity index is 1.96. The number of H-pyrrole nitrogens is 1. The Bertz CT molecular complexity index is 740. The lowest BCUT2D eigenvalue weighted by molar-refractivity contribution is 0.614. The Morgan fingerprint density at radius 1 is 1.18 bits per heavy atom. The Morgan fingerprint density at radius 3 is 2.77 bits per heavy atom. The standard InChI is InChI=1S/C18H21BrN2O/c1-2-3-4-5-6-7-8-9-10-17-18(22)15-13-14(19)11-12-16(15)20-21-17/h11-13H,2-8H2,1H3,(H,20,22). The van der Waals surface area contributed by atoms with Crippen LogP contribution in [0.4, 0.5) is 0 Å². The van der Waals surface area contributed by atoms with Crippen LogP contribution in [-0.2, 0) is 0 Å². The van der Waals surface area contributed by atoms with Crippen LogP contribution in [-0.4, -0.2) is 10.2 Å². The predicted molar refractivity (Wildman–Crippen MR) is 94.9 cm³/mol. The fraction of sp³-hybridized carbons (Fsp3) is 0.444. The molecule has 3 nitrogen and oxygen atoms in total. The molecule has 0 fully saturated rings. The third kappa shape index (κ3) is 4.71. The highest BCUT2D eigenvalue weighted by Crippen LogP contribution is 2.14. The van der Waals surface area contributed by atoms with Crippen LogP contribution in [0.1, 0.15) is 57.6 Å². The molecule has 116 valence electrons. The molecule has 0 saturated carbocycles. The maximum Gasteiger partial charge on any atom is 0.223 e. The lowest BCUT2D eigenvalue weighted by Gasteiger charge is -1.98. The summed E-state index contributed by atoms with van der Waals surface area (Å²) in [5.74, 6) is 5.97. The van der Waals surface area contributed by atoms with Crippen molar-refractivity contribution in [2.45, 2.75) is 51.9 Å². The molecule has 0 unspecified atom stereocenters. The number of benzene rings is 1. The second-order valence-electron chi connectivity index (χ2n) is 5.41. The van der Waals surface area contributed by atoms with Crippen LogP contribution in [0.25, 0.3) is 10.9 Å². The van der Waals surface area contributed by atoms with Gasteiger partial charge in [0.25, 0.3) is 0 Å². The normalized spacial score (nSPS) is 10.5. The number of nitrogens with one attached hydrogen (secondary N) is 1. The zero-order valence-electron chi connectivity index (χ0n) is 12.9. The lowest BCUT2D eigenvalue weighted by Crippen LogP contribution is -2.10. The van der Waals surface area contributed by atoms with Crippen LogP contribution in [0.3, 0.4) is 0 Å². The quantitative estimate of drug-likeness (QED) is 0.594. The minimum atomic E-state index is -0.106. The number of hydrogen-bond acceptors (Lipinski definition) is 2. The molecular formula is C18H21BrN2O. The highest BCUT2D eigenvalue weighted by Gasteiger charge is 2.04. The van der Waals surface area contributed by atoms with Crippen LogP contribution in [0.2, 0.25) is 0 Å². The zero-order chi connectivity index (χ0) is 15.8. The van der Waals surface area contributed by atoms with Gasteiger partial charge in [-0.25, -0.2) is 0 Å². The topological polar surface area (TPSA) is 45.8 Å². The smallest absolute Gasteiger partial charge is 0.223 e. The molecule has 4 heteroatoms. The number of halogens is 1. The number of hydrogen-bond donors (Lipinski definition) is 1. The summed E-state index contributed by atoms with van der Waals surface area (Å²) in [7, 11) is 0. The number of nitrogens with zero attached hydrogens (tertiary/aromatic N) is 1. The summed E-state index contributed by atoms with van der Waals surface area (Å²) in [6.07, 6.45) is 8.30. The van der Waals surface area contributed by atoms with Crippen molar-refractivity contribution in [3.05, 3.63) is 38.6 Å². The molecule has 22 heavy (non-hydrogen) atoms. The summed E-state index contributed by atoms with van der Waals surface area (Å²) < 4.78 is 0.877. The van der Waals surface area contributed by atoms with E-state index in [1.165, 1.54) is 32.1 Å². The second kappa shape index (κ2) is 8.75. The van der Waals surface area contributed by atoms with Gasteiger partial charge in [-0.3, -0.25) is 9.89 Å². The molecule has 0 aliphatic rings. The molecule has 0 aliphatic heterocycles. The van der Waals surface area contributed by atoms with E-state index in [9.17, 15) is 4.79 Å². The first-order valence-electron chi connectivity index (χ1n) is 7.89. The van der Waals surface area contributed by atoms with Gasteiger partial charge < -0.3 is 0 Å². The number of unbranched alkanes of at least 4 members (excludes halogenated alkanes) is 6. The number of aromatic nitrogens is 2. The average molecular weight is 361 g/mol. The van der Waals surface area contributed by atoms with Crippen LogP contribution >= 0.6 is 15.9 Å². The van der Waals surface area contributed by atoms with E-state index in [1.54, 1.807) is 6.07 Å². The molecule has 0 saturated heterocycles. The molecule has 1 aromatic heterocycles. The molecule has 1 N–H and O–H groups in total. The molecule has 0 aliphatic carbocycles. The molecule has 0 spiro atoms. The molecular weight excluding hydrogens is 340 g/mol. The Labute approximate surface area is 139 Å². The minimum absolute atomic E-state index is 0.106. The first-order valence-corrected chi connectivity index (χ1v) is 8.68. The van der Waals surface area contributed by atoms with Crippen molar-refractivity contribution in [2.24, 2.45) is 0 Å². The maximum atomic E-state index is 12.3. The second-order valence-corrected chi connectivity index (χ2v) is 6.33. The van der Waals surface area contributed by atoms with E-state index in [-0.39, 0.29) is 5.43 Å². The number of fused-ring (bicyclic) bond motifs is 1. The van der Waals surface area contributed by atoms with Gasteiger partial charge in [0.15, 0.2) is 5.69 Å². The van der Waals surface area contributed by atoms with Gasteiger partial charge in [-0.05, 0) is 30.5 Å². The minimum Gasteiger partial charge on any atom is -0.286 e. The Kier molecular flexibility index (Phi) is 6.67. The molecule has 2 aromatic rings. The number of aromatic amines is 1. The Hall–Kier alpha value is -1.60. The average Bonchev–Trinajstić information content (AvgIpc) is 2.52. The predicted octanol–water partition coefficient (Wildman–Crippen LogP) is 4.79. The van der Waals surface area contributed by atoms with Gasteiger partial charge in [-0.15, -0.1) is 0 Å². The highest BCUT2D eigenvalue weighted by molar-refractivity contribution is 9.10. The summed E-state index contributed by atoms with van der Waals surface area (Å²) in [6.45, 7) is 2.22. The van der Waals surface area contributed by atoms with Gasteiger partial charge >= 0.3 is 0 Å². The highest BCUT2D eigenvalue weighted by atomic mass is 79.9. The fourth-order valence-electron chi connectivity index (χ4n) is 2.32. The summed E-state index contributed by atoms with van der Waals surface area (Å²) in [5.41, 5.74) is 0.928. The molecule has 0 radical (unpaired) electrons. The summed E-state index contributed by atoms with van der Waals surface area (Å²) in [5, 5.41) is 7.58. The van der Waals surface area contributed by atoms with E-state index >= 15 is 0 Å². The van der Waals surface area contributed by atoms with E-state index in [0.717, 1.165) is 22.8 Å². The van der Waals surface area contributed by atoms with Crippen molar-refractivity contribution in [1.82, 2.24) is 10.2 Å². The van der Waals surface area contributed by atoms with E-state index < -0.39 is 0 Å². The van der Waals surface area contributed by atoms with Crippen molar-refractivity contribution in [3.8, 4) is 11.8 Å². The Morgan fingerprint density at radius 2 is 1.95 bits per heavy atom. The largest absolute Gasteiger partial charge is 0.286 e. The molecule has 2 rings (SSSR count). The van der Waals surface area contributed by atoms with E-state index in [2.05, 4.69) is 44.9 Å². The monoisotopic (exact) mass is 360 g/mol. The first kappa shape index (κ1) is 16.8. The third-order valence-electron chi connectivity index (χ3n) is 3.59. The van der Waals surface area contributed by atoms with Crippen LogP contribution in [0.15, 0.2) is 27.5 Å². The van der Waals surface area contributed by atoms with Gasteiger partial charge in [0, 0.05) is 10.9 Å². The van der Waals surface area contributed by atoms with Crippen molar-refractivity contribution in [3.63, 3.8) is 0 Å². The van der Waals surface area contributed by atoms with Crippen LogP contribution < -0.4 is 5.43 Å². The summed E-state index contributed by atoms with van der Waals surface area (Å²) in [6, 6.07) is 5.51. The van der Waals surface area contributed by atoms with Crippen molar-refractivity contribution in [1.29, 1.82) is 0 Å². The van der Waals surface area contributed by atoms with Crippen molar-refractivity contribution in [2.75, 3.05) is 0 Å². The van der Waals surface area contributed by atoms with Gasteiger partial charge in [-0.1, -0.05) is 60.9 Å². The molecule has 0 bridgehead atoms. The molecule has 1 aromatic carbocycles. The summed E-state index contributed by atoms with van der Waals surface area (Å²) >= 11 is 3.38. The van der Waals surface area contributed by atoms with E-state index in [1.807, 2.05) is 12.1 Å². The lowest BCUT2D eigenvalue weighted by atomic mass is 10.1. The number of rotatable bonds is 6. The van der Waals surface area contributed by atoms with Gasteiger partial charge in [0.05, 0.1) is 10.9 Å². The van der Waals surface area contributed by atoms with Gasteiger partial charge in [0.1, 0.15) is 0 Å². The maximum absolute atomic E-state index is 12.3. The fourth-order valence-corrected chi connectivity index (χ4v) is 2.68. The van der Waals surface area contributed by atoms with Crippen molar-refractivity contribution < 1.29 is 0 Å². The van der Waals surface area contributed by atoms with Gasteiger partial charge in [-0.2, -0.15) is 5.10 Å². The molecule has 0 atom stereocenters. The van der Waals surface area contributed by atoms with E-state index in [4.69, 9.17) is 0 Å². The summed E-state index contributed by atoms with van der Waals surface area (Å²) in [4.78, 5) is 12.3. The van der Waals surface area contributed by atoms with Gasteiger partial charge in [0.2, 0.25) is 5.43 Å². The zero-order valence-corrected chi connectivity index (χ0v) is 14.5. The van der Waals surface area contributed by atoms with Crippen LogP contribution in [0, 0.1) is 11.8 Å². The molecule has 1 heterocycles. The molecule has 0 amide bonds.